The van der Waals surface area contributed by atoms with Crippen molar-refractivity contribution in [2.24, 2.45) is 0 Å². The maximum atomic E-state index is 12.3. The SMILES string of the molecule is COC(=O)c1sc(NC(=O)c2ccc(Cl)cc2)c(C(=O)OC)c1C. The van der Waals surface area contributed by atoms with E-state index < -0.39 is 17.8 Å². The zero-order chi connectivity index (χ0) is 17.9. The summed E-state index contributed by atoms with van der Waals surface area (Å²) >= 11 is 6.75. The monoisotopic (exact) mass is 367 g/mol. The van der Waals surface area contributed by atoms with Gasteiger partial charge in [0.2, 0.25) is 0 Å². The first-order valence-electron chi connectivity index (χ1n) is 6.76. The Bertz CT molecular complexity index is 798. The highest BCUT2D eigenvalue weighted by Gasteiger charge is 2.26. The van der Waals surface area contributed by atoms with Crippen molar-refractivity contribution in [3.63, 3.8) is 0 Å². The van der Waals surface area contributed by atoms with Crippen LogP contribution in [0.5, 0.6) is 0 Å². The van der Waals surface area contributed by atoms with E-state index >= 15 is 0 Å². The molecule has 0 aliphatic heterocycles. The molecule has 0 saturated heterocycles. The number of thiophene rings is 1. The third-order valence-electron chi connectivity index (χ3n) is 3.24. The van der Waals surface area contributed by atoms with Crippen LogP contribution in [-0.4, -0.2) is 32.1 Å². The average molecular weight is 368 g/mol. The van der Waals surface area contributed by atoms with Crippen molar-refractivity contribution >= 4 is 45.8 Å². The predicted molar refractivity (Wildman–Crippen MR) is 91.1 cm³/mol. The van der Waals surface area contributed by atoms with Crippen LogP contribution in [0.3, 0.4) is 0 Å². The Kier molecular flexibility index (Phi) is 5.58. The summed E-state index contributed by atoms with van der Waals surface area (Å²) in [5.41, 5.74) is 0.885. The molecular formula is C16H14ClNO5S. The molecule has 1 aromatic heterocycles. The lowest BCUT2D eigenvalue weighted by atomic mass is 10.1. The van der Waals surface area contributed by atoms with Crippen molar-refractivity contribution in [2.75, 3.05) is 19.5 Å². The molecular weight excluding hydrogens is 354 g/mol. The zero-order valence-electron chi connectivity index (χ0n) is 13.1. The Hall–Kier alpha value is -2.38. The van der Waals surface area contributed by atoms with E-state index in [4.69, 9.17) is 21.1 Å². The van der Waals surface area contributed by atoms with E-state index in [1.165, 1.54) is 14.2 Å². The van der Waals surface area contributed by atoms with Gasteiger partial charge in [0.05, 0.1) is 19.8 Å². The summed E-state index contributed by atoms with van der Waals surface area (Å²) in [5.74, 6) is -1.67. The Morgan fingerprint density at radius 1 is 1.04 bits per heavy atom. The van der Waals surface area contributed by atoms with Gasteiger partial charge in [0.25, 0.3) is 5.91 Å². The van der Waals surface area contributed by atoms with Crippen molar-refractivity contribution in [1.82, 2.24) is 0 Å². The second kappa shape index (κ2) is 7.46. The normalized spacial score (nSPS) is 10.2. The number of benzene rings is 1. The van der Waals surface area contributed by atoms with Gasteiger partial charge in [0.1, 0.15) is 9.88 Å². The summed E-state index contributed by atoms with van der Waals surface area (Å²) in [6.07, 6.45) is 0. The van der Waals surface area contributed by atoms with Gasteiger partial charge in [-0.3, -0.25) is 4.79 Å². The molecule has 1 heterocycles. The minimum atomic E-state index is -0.648. The van der Waals surface area contributed by atoms with Crippen molar-refractivity contribution in [1.29, 1.82) is 0 Å². The fourth-order valence-electron chi connectivity index (χ4n) is 2.01. The van der Waals surface area contributed by atoms with Crippen LogP contribution in [0, 0.1) is 6.92 Å². The Morgan fingerprint density at radius 2 is 1.62 bits per heavy atom. The summed E-state index contributed by atoms with van der Waals surface area (Å²) in [6.45, 7) is 1.59. The van der Waals surface area contributed by atoms with Crippen LogP contribution in [-0.2, 0) is 9.47 Å². The van der Waals surface area contributed by atoms with Crippen LogP contribution < -0.4 is 5.32 Å². The molecule has 0 fully saturated rings. The fraction of sp³-hybridized carbons (Fsp3) is 0.188. The molecule has 6 nitrogen and oxygen atoms in total. The molecule has 0 aliphatic carbocycles. The van der Waals surface area contributed by atoms with Gasteiger partial charge in [-0.25, -0.2) is 9.59 Å². The third kappa shape index (κ3) is 3.58. The molecule has 2 rings (SSSR count). The van der Waals surface area contributed by atoms with Gasteiger partial charge in [0, 0.05) is 10.6 Å². The first kappa shape index (κ1) is 18.0. The number of methoxy groups -OCH3 is 2. The summed E-state index contributed by atoms with van der Waals surface area (Å²) < 4.78 is 9.43. The number of hydrogen-bond acceptors (Lipinski definition) is 6. The van der Waals surface area contributed by atoms with Crippen molar-refractivity contribution in [3.8, 4) is 0 Å². The second-order valence-electron chi connectivity index (χ2n) is 4.70. The molecule has 0 spiro atoms. The van der Waals surface area contributed by atoms with E-state index in [0.717, 1.165) is 11.3 Å². The molecule has 24 heavy (non-hydrogen) atoms. The van der Waals surface area contributed by atoms with Gasteiger partial charge >= 0.3 is 11.9 Å². The number of carbonyl (C=O) groups excluding carboxylic acids is 3. The highest BCUT2D eigenvalue weighted by atomic mass is 35.5. The van der Waals surface area contributed by atoms with Gasteiger partial charge in [-0.2, -0.15) is 0 Å². The van der Waals surface area contributed by atoms with Crippen molar-refractivity contribution < 1.29 is 23.9 Å². The van der Waals surface area contributed by atoms with Crippen LogP contribution in [0.25, 0.3) is 0 Å². The van der Waals surface area contributed by atoms with E-state index in [0.29, 0.717) is 16.1 Å². The van der Waals surface area contributed by atoms with Gasteiger partial charge < -0.3 is 14.8 Å². The molecule has 1 aromatic carbocycles. The second-order valence-corrected chi connectivity index (χ2v) is 6.16. The molecule has 1 N–H and O–H groups in total. The largest absolute Gasteiger partial charge is 0.465 e. The maximum Gasteiger partial charge on any atom is 0.348 e. The number of ether oxygens (including phenoxy) is 2. The summed E-state index contributed by atoms with van der Waals surface area (Å²) in [7, 11) is 2.47. The lowest BCUT2D eigenvalue weighted by Crippen LogP contribution is -2.14. The number of anilines is 1. The molecule has 0 saturated carbocycles. The molecule has 8 heteroatoms. The summed E-state index contributed by atoms with van der Waals surface area (Å²) in [6, 6.07) is 6.27. The summed E-state index contributed by atoms with van der Waals surface area (Å²) in [4.78, 5) is 36.4. The predicted octanol–water partition coefficient (Wildman–Crippen LogP) is 3.54. The fourth-order valence-corrected chi connectivity index (χ4v) is 3.25. The molecule has 0 aliphatic rings. The first-order valence-corrected chi connectivity index (χ1v) is 7.95. The molecule has 1 amide bonds. The molecule has 0 atom stereocenters. The van der Waals surface area contributed by atoms with Gasteiger partial charge in [-0.15, -0.1) is 11.3 Å². The number of rotatable bonds is 4. The number of carbonyl (C=O) groups is 3. The Balaban J connectivity index is 2.41. The molecule has 0 radical (unpaired) electrons. The van der Waals surface area contributed by atoms with E-state index in [9.17, 15) is 14.4 Å². The average Bonchev–Trinajstić information content (AvgIpc) is 2.90. The van der Waals surface area contributed by atoms with Crippen LogP contribution in [0.4, 0.5) is 5.00 Å². The van der Waals surface area contributed by atoms with Crippen LogP contribution in [0.15, 0.2) is 24.3 Å². The third-order valence-corrected chi connectivity index (χ3v) is 4.68. The van der Waals surface area contributed by atoms with Gasteiger partial charge in [-0.1, -0.05) is 11.6 Å². The molecule has 0 unspecified atom stereocenters. The minimum Gasteiger partial charge on any atom is -0.465 e. The Labute approximate surface area is 147 Å². The Morgan fingerprint density at radius 3 is 2.17 bits per heavy atom. The highest BCUT2D eigenvalue weighted by molar-refractivity contribution is 7.18. The number of hydrogen-bond donors (Lipinski definition) is 1. The van der Waals surface area contributed by atoms with Crippen LogP contribution >= 0.6 is 22.9 Å². The van der Waals surface area contributed by atoms with Gasteiger partial charge in [0.15, 0.2) is 0 Å². The smallest absolute Gasteiger partial charge is 0.348 e. The lowest BCUT2D eigenvalue weighted by molar-refractivity contribution is 0.0601. The number of nitrogens with one attached hydrogen (secondary N) is 1. The van der Waals surface area contributed by atoms with Gasteiger partial charge in [-0.05, 0) is 36.8 Å². The lowest BCUT2D eigenvalue weighted by Gasteiger charge is -2.06. The molecule has 126 valence electrons. The maximum absolute atomic E-state index is 12.3. The summed E-state index contributed by atoms with van der Waals surface area (Å²) in [5, 5.41) is 3.35. The highest BCUT2D eigenvalue weighted by Crippen LogP contribution is 2.34. The van der Waals surface area contributed by atoms with Crippen LogP contribution in [0.1, 0.15) is 36.0 Å². The molecule has 2 aromatic rings. The quantitative estimate of drug-likeness (QED) is 0.836. The van der Waals surface area contributed by atoms with E-state index in [1.807, 2.05) is 0 Å². The topological polar surface area (TPSA) is 81.7 Å². The zero-order valence-corrected chi connectivity index (χ0v) is 14.7. The minimum absolute atomic E-state index is 0.130. The van der Waals surface area contributed by atoms with E-state index in [1.54, 1.807) is 31.2 Å². The van der Waals surface area contributed by atoms with E-state index in [2.05, 4.69) is 5.32 Å². The number of halogens is 1. The first-order chi connectivity index (χ1) is 11.4. The molecule has 0 bridgehead atoms. The van der Waals surface area contributed by atoms with Crippen molar-refractivity contribution in [2.45, 2.75) is 6.92 Å². The van der Waals surface area contributed by atoms with Crippen LogP contribution in [0.2, 0.25) is 5.02 Å². The number of amides is 1. The van der Waals surface area contributed by atoms with Crippen molar-refractivity contribution in [3.05, 3.63) is 50.9 Å². The number of esters is 2. The standard InChI is InChI=1S/C16H14ClNO5S/c1-8-11(15(20)22-2)14(24-12(8)16(21)23-3)18-13(19)9-4-6-10(17)7-5-9/h4-7H,1-3H3,(H,18,19). The van der Waals surface area contributed by atoms with E-state index in [-0.39, 0.29) is 15.4 Å².